The van der Waals surface area contributed by atoms with E-state index in [1.54, 1.807) is 11.8 Å². The summed E-state index contributed by atoms with van der Waals surface area (Å²) in [6, 6.07) is 0. The first-order valence-corrected chi connectivity index (χ1v) is 7.28. The van der Waals surface area contributed by atoms with E-state index in [-0.39, 0.29) is 4.75 Å². The van der Waals surface area contributed by atoms with E-state index in [4.69, 9.17) is 4.52 Å². The van der Waals surface area contributed by atoms with E-state index in [0.29, 0.717) is 30.4 Å². The third-order valence-corrected chi connectivity index (χ3v) is 4.13. The quantitative estimate of drug-likeness (QED) is 0.871. The molecular formula is C12H21N3O2S. The molecule has 0 amide bonds. The van der Waals surface area contributed by atoms with E-state index in [9.17, 15) is 5.11 Å². The van der Waals surface area contributed by atoms with Crippen molar-refractivity contribution in [2.75, 3.05) is 13.1 Å². The smallest absolute Gasteiger partial charge is 0.259 e. The van der Waals surface area contributed by atoms with Crippen LogP contribution in [0.3, 0.4) is 0 Å². The average Bonchev–Trinajstić information content (AvgIpc) is 2.76. The third kappa shape index (κ3) is 3.46. The van der Waals surface area contributed by atoms with Gasteiger partial charge >= 0.3 is 0 Å². The first-order chi connectivity index (χ1) is 8.39. The van der Waals surface area contributed by atoms with Gasteiger partial charge in [-0.05, 0) is 19.4 Å². The van der Waals surface area contributed by atoms with Crippen molar-refractivity contribution in [1.29, 1.82) is 0 Å². The lowest BCUT2D eigenvalue weighted by Gasteiger charge is -2.28. The molecule has 5 nitrogen and oxygen atoms in total. The van der Waals surface area contributed by atoms with Gasteiger partial charge in [0, 0.05) is 11.3 Å². The molecule has 0 radical (unpaired) electrons. The number of piperidine rings is 1. The normalized spacial score (nSPS) is 25.3. The molecule has 2 N–H and O–H groups in total. The summed E-state index contributed by atoms with van der Waals surface area (Å²) in [7, 11) is 0. The van der Waals surface area contributed by atoms with Gasteiger partial charge in [-0.25, -0.2) is 0 Å². The van der Waals surface area contributed by atoms with Crippen molar-refractivity contribution in [2.45, 2.75) is 49.7 Å². The van der Waals surface area contributed by atoms with E-state index < -0.39 is 5.60 Å². The van der Waals surface area contributed by atoms with Gasteiger partial charge in [-0.2, -0.15) is 4.98 Å². The number of aliphatic hydroxyl groups is 1. The number of thioether (sulfide) groups is 1. The maximum atomic E-state index is 10.4. The second-order valence-corrected chi connectivity index (χ2v) is 7.53. The number of β-amino-alcohol motifs (C(OH)–C–C–N with tert-alkyl or cyclic N) is 1. The number of nitrogens with zero attached hydrogens (tertiary/aromatic N) is 2. The molecule has 1 aliphatic heterocycles. The van der Waals surface area contributed by atoms with Gasteiger partial charge < -0.3 is 14.9 Å². The van der Waals surface area contributed by atoms with E-state index in [2.05, 4.69) is 36.2 Å². The molecule has 1 atom stereocenters. The first-order valence-electron chi connectivity index (χ1n) is 6.29. The Morgan fingerprint density at radius 3 is 2.89 bits per heavy atom. The van der Waals surface area contributed by atoms with Crippen molar-refractivity contribution in [3.8, 4) is 0 Å². The Labute approximate surface area is 112 Å². The molecule has 0 bridgehead atoms. The lowest BCUT2D eigenvalue weighted by atomic mass is 9.94. The average molecular weight is 271 g/mol. The first kappa shape index (κ1) is 13.8. The van der Waals surface area contributed by atoms with Gasteiger partial charge in [0.15, 0.2) is 11.4 Å². The highest BCUT2D eigenvalue weighted by Gasteiger charge is 2.37. The summed E-state index contributed by atoms with van der Waals surface area (Å²) in [6.07, 6.45) is 1.60. The highest BCUT2D eigenvalue weighted by molar-refractivity contribution is 7.99. The van der Waals surface area contributed by atoms with E-state index in [1.165, 1.54) is 0 Å². The van der Waals surface area contributed by atoms with Crippen LogP contribution in [0.1, 0.15) is 45.3 Å². The number of hydrogen-bond acceptors (Lipinski definition) is 6. The van der Waals surface area contributed by atoms with Gasteiger partial charge in [0.05, 0.1) is 5.75 Å². The summed E-state index contributed by atoms with van der Waals surface area (Å²) in [6.45, 7) is 7.87. The number of nitrogens with one attached hydrogen (secondary N) is 1. The molecule has 0 saturated carbocycles. The molecule has 0 aliphatic carbocycles. The number of rotatable bonds is 3. The third-order valence-electron chi connectivity index (χ3n) is 2.86. The fourth-order valence-corrected chi connectivity index (χ4v) is 2.53. The molecule has 1 unspecified atom stereocenters. The van der Waals surface area contributed by atoms with Crippen molar-refractivity contribution in [3.05, 3.63) is 11.7 Å². The Morgan fingerprint density at radius 2 is 2.28 bits per heavy atom. The Balaban J connectivity index is 2.01. The van der Waals surface area contributed by atoms with Crippen LogP contribution in [-0.2, 0) is 11.4 Å². The molecule has 1 aliphatic rings. The van der Waals surface area contributed by atoms with Crippen LogP contribution in [-0.4, -0.2) is 33.1 Å². The van der Waals surface area contributed by atoms with Crippen molar-refractivity contribution < 1.29 is 9.63 Å². The summed E-state index contributed by atoms with van der Waals surface area (Å²) >= 11 is 1.76. The lowest BCUT2D eigenvalue weighted by molar-refractivity contribution is -0.0167. The highest BCUT2D eigenvalue weighted by atomic mass is 32.2. The monoisotopic (exact) mass is 271 g/mol. The Hall–Kier alpha value is -0.590. The maximum Gasteiger partial charge on any atom is 0.259 e. The van der Waals surface area contributed by atoms with Crippen molar-refractivity contribution in [1.82, 2.24) is 15.5 Å². The molecule has 2 rings (SSSR count). The minimum Gasteiger partial charge on any atom is -0.379 e. The zero-order valence-electron chi connectivity index (χ0n) is 11.2. The number of hydrogen-bond donors (Lipinski definition) is 2. The molecule has 1 fully saturated rings. The summed E-state index contributed by atoms with van der Waals surface area (Å²) in [5.74, 6) is 1.71. The Kier molecular flexibility index (Phi) is 3.99. The van der Waals surface area contributed by atoms with Crippen molar-refractivity contribution in [3.63, 3.8) is 0 Å². The second-order valence-electron chi connectivity index (χ2n) is 5.73. The van der Waals surface area contributed by atoms with E-state index >= 15 is 0 Å². The van der Waals surface area contributed by atoms with Crippen LogP contribution in [0.15, 0.2) is 4.52 Å². The zero-order valence-corrected chi connectivity index (χ0v) is 12.0. The van der Waals surface area contributed by atoms with Gasteiger partial charge in [-0.3, -0.25) is 0 Å². The van der Waals surface area contributed by atoms with Crippen LogP contribution < -0.4 is 5.32 Å². The molecule has 6 heteroatoms. The van der Waals surface area contributed by atoms with Crippen molar-refractivity contribution in [2.24, 2.45) is 0 Å². The van der Waals surface area contributed by atoms with Crippen LogP contribution in [0.25, 0.3) is 0 Å². The van der Waals surface area contributed by atoms with Gasteiger partial charge in [-0.1, -0.05) is 25.9 Å². The topological polar surface area (TPSA) is 71.2 Å². The van der Waals surface area contributed by atoms with Crippen LogP contribution in [0.4, 0.5) is 0 Å². The molecule has 2 heterocycles. The molecule has 102 valence electrons. The van der Waals surface area contributed by atoms with Gasteiger partial charge in [-0.15, -0.1) is 11.8 Å². The summed E-state index contributed by atoms with van der Waals surface area (Å²) in [5.41, 5.74) is -0.990. The molecule has 1 aromatic heterocycles. The van der Waals surface area contributed by atoms with Gasteiger partial charge in [0.2, 0.25) is 0 Å². The Bertz CT molecular complexity index is 394. The summed E-state index contributed by atoms with van der Waals surface area (Å²) < 4.78 is 5.38. The molecule has 0 aromatic carbocycles. The lowest BCUT2D eigenvalue weighted by Crippen LogP contribution is -2.43. The molecular weight excluding hydrogens is 250 g/mol. The SMILES string of the molecule is CC(C)(C)SCc1noc(C2(O)CCCNC2)n1. The van der Waals surface area contributed by atoms with E-state index in [0.717, 1.165) is 13.0 Å². The van der Waals surface area contributed by atoms with Crippen molar-refractivity contribution >= 4 is 11.8 Å². The predicted molar refractivity (Wildman–Crippen MR) is 71.3 cm³/mol. The van der Waals surface area contributed by atoms with Crippen LogP contribution in [0.5, 0.6) is 0 Å². The Morgan fingerprint density at radius 1 is 1.50 bits per heavy atom. The number of aromatic nitrogens is 2. The summed E-state index contributed by atoms with van der Waals surface area (Å²) in [5, 5.41) is 17.5. The zero-order chi connectivity index (χ0) is 13.2. The second kappa shape index (κ2) is 5.19. The fraction of sp³-hybridized carbons (Fsp3) is 0.833. The largest absolute Gasteiger partial charge is 0.379 e. The minimum atomic E-state index is -0.990. The molecule has 1 saturated heterocycles. The highest BCUT2D eigenvalue weighted by Crippen LogP contribution is 2.29. The maximum absolute atomic E-state index is 10.4. The van der Waals surface area contributed by atoms with Crippen LogP contribution >= 0.6 is 11.8 Å². The predicted octanol–water partition coefficient (Wildman–Crippen LogP) is 1.67. The molecule has 0 spiro atoms. The molecule has 18 heavy (non-hydrogen) atoms. The standard InChI is InChI=1S/C12H21N3O2S/c1-11(2,3)18-7-9-14-10(17-15-9)12(16)5-4-6-13-8-12/h13,16H,4-8H2,1-3H3. The summed E-state index contributed by atoms with van der Waals surface area (Å²) in [4.78, 5) is 4.32. The fourth-order valence-electron chi connectivity index (χ4n) is 1.85. The molecule has 1 aromatic rings. The van der Waals surface area contributed by atoms with Crippen LogP contribution in [0, 0.1) is 0 Å². The minimum absolute atomic E-state index is 0.171. The van der Waals surface area contributed by atoms with Crippen LogP contribution in [0.2, 0.25) is 0 Å². The van der Waals surface area contributed by atoms with Gasteiger partial charge in [0.25, 0.3) is 5.89 Å². The van der Waals surface area contributed by atoms with Gasteiger partial charge in [0.1, 0.15) is 0 Å². The van der Waals surface area contributed by atoms with E-state index in [1.807, 2.05) is 0 Å².